The maximum absolute atomic E-state index is 12.0. The highest BCUT2D eigenvalue weighted by Gasteiger charge is 2.24. The van der Waals surface area contributed by atoms with Crippen LogP contribution in [0.5, 0.6) is 0 Å². The van der Waals surface area contributed by atoms with Crippen LogP contribution < -0.4 is 0 Å². The van der Waals surface area contributed by atoms with Crippen molar-refractivity contribution in [2.75, 3.05) is 33.3 Å². The van der Waals surface area contributed by atoms with E-state index in [1.807, 2.05) is 13.8 Å². The topological polar surface area (TPSA) is 110 Å². The van der Waals surface area contributed by atoms with Crippen molar-refractivity contribution < 1.29 is 24.0 Å². The van der Waals surface area contributed by atoms with Crippen molar-refractivity contribution in [2.24, 2.45) is 0 Å². The zero-order chi connectivity index (χ0) is 19.9. The minimum Gasteiger partial charge on any atom is -0.452 e. The normalized spacial score (nSPS) is 10.2. The molecule has 0 atom stereocenters. The molecule has 0 saturated carbocycles. The first-order valence-corrected chi connectivity index (χ1v) is 8.21. The van der Waals surface area contributed by atoms with Crippen molar-refractivity contribution in [1.82, 2.24) is 9.80 Å². The Morgan fingerprint density at radius 2 is 1.81 bits per heavy atom. The molecule has 26 heavy (non-hydrogen) atoms. The van der Waals surface area contributed by atoms with E-state index in [-0.39, 0.29) is 23.0 Å². The molecule has 0 aromatic heterocycles. The molecule has 0 saturated heterocycles. The van der Waals surface area contributed by atoms with Gasteiger partial charge in [0.1, 0.15) is 5.56 Å². The number of amides is 2. The highest BCUT2D eigenvalue weighted by atomic mass is 35.5. The monoisotopic (exact) mass is 385 g/mol. The summed E-state index contributed by atoms with van der Waals surface area (Å²) in [5, 5.41) is 11.1. The van der Waals surface area contributed by atoms with E-state index in [4.69, 9.17) is 16.3 Å². The third-order valence-electron chi connectivity index (χ3n) is 3.62. The van der Waals surface area contributed by atoms with Crippen LogP contribution in [-0.2, 0) is 14.3 Å². The molecule has 10 heteroatoms. The SMILES string of the molecule is CCN(CC)C(=O)CN(C)C(=O)COC(=O)c1cc(Cl)ccc1[N+](=O)[O-]. The van der Waals surface area contributed by atoms with E-state index in [0.29, 0.717) is 13.1 Å². The molecule has 0 spiro atoms. The van der Waals surface area contributed by atoms with Crippen LogP contribution in [-0.4, -0.2) is 65.8 Å². The summed E-state index contributed by atoms with van der Waals surface area (Å²) in [5.74, 6) is -1.89. The van der Waals surface area contributed by atoms with Gasteiger partial charge in [0.05, 0.1) is 11.5 Å². The summed E-state index contributed by atoms with van der Waals surface area (Å²) in [5.41, 5.74) is -0.825. The van der Waals surface area contributed by atoms with Crippen molar-refractivity contribution in [1.29, 1.82) is 0 Å². The van der Waals surface area contributed by atoms with Gasteiger partial charge in [0.25, 0.3) is 11.6 Å². The Morgan fingerprint density at radius 3 is 2.35 bits per heavy atom. The number of likely N-dealkylation sites (N-methyl/N-ethyl adjacent to an activating group) is 2. The average molecular weight is 386 g/mol. The van der Waals surface area contributed by atoms with Gasteiger partial charge in [0.15, 0.2) is 6.61 Å². The summed E-state index contributed by atoms with van der Waals surface area (Å²) in [7, 11) is 1.40. The Labute approximate surface area is 155 Å². The number of esters is 1. The number of nitro groups is 1. The first-order chi connectivity index (χ1) is 12.2. The van der Waals surface area contributed by atoms with E-state index in [1.165, 1.54) is 13.1 Å². The lowest BCUT2D eigenvalue weighted by atomic mass is 10.2. The second-order valence-corrected chi connectivity index (χ2v) is 5.75. The van der Waals surface area contributed by atoms with Gasteiger partial charge in [-0.2, -0.15) is 0 Å². The number of nitrogens with zero attached hydrogens (tertiary/aromatic N) is 3. The summed E-state index contributed by atoms with van der Waals surface area (Å²) in [6.45, 7) is 3.88. The number of ether oxygens (including phenoxy) is 1. The van der Waals surface area contributed by atoms with Crippen molar-refractivity contribution in [3.8, 4) is 0 Å². The third kappa shape index (κ3) is 5.69. The van der Waals surface area contributed by atoms with Crippen molar-refractivity contribution in [3.63, 3.8) is 0 Å². The highest BCUT2D eigenvalue weighted by Crippen LogP contribution is 2.23. The van der Waals surface area contributed by atoms with Gasteiger partial charge in [0, 0.05) is 31.2 Å². The molecule has 0 bridgehead atoms. The smallest absolute Gasteiger partial charge is 0.345 e. The molecule has 0 unspecified atom stereocenters. The van der Waals surface area contributed by atoms with E-state index in [2.05, 4.69) is 0 Å². The Hall–Kier alpha value is -2.68. The Morgan fingerprint density at radius 1 is 1.19 bits per heavy atom. The molecule has 0 aliphatic carbocycles. The fourth-order valence-corrected chi connectivity index (χ4v) is 2.29. The van der Waals surface area contributed by atoms with E-state index in [0.717, 1.165) is 17.0 Å². The second kappa shape index (κ2) is 9.71. The summed E-state index contributed by atoms with van der Waals surface area (Å²) < 4.78 is 4.83. The molecule has 1 aromatic carbocycles. The fraction of sp³-hybridized carbons (Fsp3) is 0.438. The summed E-state index contributed by atoms with van der Waals surface area (Å²) in [6.07, 6.45) is 0. The van der Waals surface area contributed by atoms with Gasteiger partial charge in [-0.1, -0.05) is 11.6 Å². The van der Waals surface area contributed by atoms with Crippen LogP contribution >= 0.6 is 11.6 Å². The highest BCUT2D eigenvalue weighted by molar-refractivity contribution is 6.31. The van der Waals surface area contributed by atoms with Crippen LogP contribution in [0.3, 0.4) is 0 Å². The maximum atomic E-state index is 12.0. The van der Waals surface area contributed by atoms with Crippen LogP contribution in [0, 0.1) is 10.1 Å². The zero-order valence-electron chi connectivity index (χ0n) is 14.7. The van der Waals surface area contributed by atoms with Crippen LogP contribution in [0.15, 0.2) is 18.2 Å². The quantitative estimate of drug-likeness (QED) is 0.383. The Bertz CT molecular complexity index is 705. The third-order valence-corrected chi connectivity index (χ3v) is 3.85. The summed E-state index contributed by atoms with van der Waals surface area (Å²) in [6, 6.07) is 3.45. The first-order valence-electron chi connectivity index (χ1n) is 7.84. The standard InChI is InChI=1S/C16H20ClN3O6/c1-4-19(5-2)14(21)9-18(3)15(22)10-26-16(23)12-8-11(17)6-7-13(12)20(24)25/h6-8H,4-5,9-10H2,1-3H3. The van der Waals surface area contributed by atoms with Gasteiger partial charge in [-0.25, -0.2) is 4.79 Å². The predicted molar refractivity (Wildman–Crippen MR) is 94.0 cm³/mol. The predicted octanol–water partition coefficient (Wildman–Crippen LogP) is 1.73. The fourth-order valence-electron chi connectivity index (χ4n) is 2.11. The number of carbonyl (C=O) groups is 3. The molecular weight excluding hydrogens is 366 g/mol. The van der Waals surface area contributed by atoms with Gasteiger partial charge >= 0.3 is 5.97 Å². The molecule has 1 rings (SSSR count). The molecule has 142 valence electrons. The van der Waals surface area contributed by atoms with Gasteiger partial charge in [-0.15, -0.1) is 0 Å². The van der Waals surface area contributed by atoms with Crippen molar-refractivity contribution in [2.45, 2.75) is 13.8 Å². The molecule has 0 aliphatic heterocycles. The lowest BCUT2D eigenvalue weighted by Gasteiger charge is -2.23. The Balaban J connectivity index is 2.70. The van der Waals surface area contributed by atoms with Gasteiger partial charge in [0.2, 0.25) is 5.91 Å². The number of rotatable bonds is 8. The van der Waals surface area contributed by atoms with Gasteiger partial charge in [-0.3, -0.25) is 19.7 Å². The lowest BCUT2D eigenvalue weighted by molar-refractivity contribution is -0.385. The minimum absolute atomic E-state index is 0.121. The molecular formula is C16H20ClN3O6. The van der Waals surface area contributed by atoms with Crippen LogP contribution in [0.1, 0.15) is 24.2 Å². The van der Waals surface area contributed by atoms with Crippen molar-refractivity contribution >= 4 is 35.1 Å². The molecule has 0 N–H and O–H groups in total. The van der Waals surface area contributed by atoms with Crippen LogP contribution in [0.2, 0.25) is 5.02 Å². The van der Waals surface area contributed by atoms with E-state index in [9.17, 15) is 24.5 Å². The van der Waals surface area contributed by atoms with Gasteiger partial charge in [-0.05, 0) is 26.0 Å². The van der Waals surface area contributed by atoms with Gasteiger partial charge < -0.3 is 14.5 Å². The summed E-state index contributed by atoms with van der Waals surface area (Å²) >= 11 is 5.75. The van der Waals surface area contributed by atoms with Crippen molar-refractivity contribution in [3.05, 3.63) is 38.9 Å². The largest absolute Gasteiger partial charge is 0.452 e. The maximum Gasteiger partial charge on any atom is 0.345 e. The lowest BCUT2D eigenvalue weighted by Crippen LogP contribution is -2.42. The minimum atomic E-state index is -1.05. The molecule has 0 radical (unpaired) electrons. The van der Waals surface area contributed by atoms with Crippen LogP contribution in [0.25, 0.3) is 0 Å². The van der Waals surface area contributed by atoms with E-state index in [1.54, 1.807) is 4.90 Å². The van der Waals surface area contributed by atoms with Crippen LogP contribution in [0.4, 0.5) is 5.69 Å². The number of nitro benzene ring substituents is 1. The number of hydrogen-bond donors (Lipinski definition) is 0. The molecule has 0 fully saturated rings. The van der Waals surface area contributed by atoms with E-state index < -0.39 is 29.1 Å². The average Bonchev–Trinajstić information content (AvgIpc) is 2.59. The number of hydrogen-bond acceptors (Lipinski definition) is 6. The molecule has 9 nitrogen and oxygen atoms in total. The number of halogens is 1. The first kappa shape index (κ1) is 21.4. The number of benzene rings is 1. The molecule has 0 heterocycles. The number of carbonyl (C=O) groups excluding carboxylic acids is 3. The molecule has 1 aromatic rings. The zero-order valence-corrected chi connectivity index (χ0v) is 15.5. The molecule has 2 amide bonds. The second-order valence-electron chi connectivity index (χ2n) is 5.31. The Kier molecular flexibility index (Phi) is 7.98. The van der Waals surface area contributed by atoms with E-state index >= 15 is 0 Å². The molecule has 0 aliphatic rings. The summed E-state index contributed by atoms with van der Waals surface area (Å²) in [4.78, 5) is 48.9.